The topological polar surface area (TPSA) is 84.3 Å². The molecule has 1 aliphatic heterocycles. The smallest absolute Gasteiger partial charge is 0.270 e. The van der Waals surface area contributed by atoms with Crippen molar-refractivity contribution < 1.29 is 9.72 Å². The summed E-state index contributed by atoms with van der Waals surface area (Å²) >= 11 is 3.25. The van der Waals surface area contributed by atoms with Crippen molar-refractivity contribution in [2.75, 3.05) is 11.9 Å². The van der Waals surface area contributed by atoms with E-state index in [-0.39, 0.29) is 17.5 Å². The highest BCUT2D eigenvalue weighted by atomic mass is 79.9. The monoisotopic (exact) mass is 341 g/mol. The minimum Gasteiger partial charge on any atom is -0.325 e. The number of amides is 1. The van der Waals surface area contributed by atoms with Gasteiger partial charge >= 0.3 is 0 Å². The van der Waals surface area contributed by atoms with Gasteiger partial charge in [-0.3, -0.25) is 14.9 Å². The first-order valence-electron chi connectivity index (χ1n) is 6.45. The molecule has 0 spiro atoms. The van der Waals surface area contributed by atoms with Crippen LogP contribution in [0.2, 0.25) is 0 Å². The normalized spacial score (nSPS) is 22.3. The minimum atomic E-state index is -0.467. The minimum absolute atomic E-state index is 0.00892. The number of carbonyl (C=O) groups is 1. The third-order valence-corrected chi connectivity index (χ3v) is 4.07. The number of anilines is 1. The van der Waals surface area contributed by atoms with Crippen LogP contribution >= 0.6 is 15.9 Å². The summed E-state index contributed by atoms with van der Waals surface area (Å²) in [7, 11) is 0. The van der Waals surface area contributed by atoms with Crippen LogP contribution in [0.15, 0.2) is 22.7 Å². The number of rotatable bonds is 3. The summed E-state index contributed by atoms with van der Waals surface area (Å²) in [6.07, 6.45) is 1.61. The van der Waals surface area contributed by atoms with Crippen molar-refractivity contribution in [2.45, 2.75) is 25.8 Å². The van der Waals surface area contributed by atoms with E-state index in [1.54, 1.807) is 6.07 Å². The lowest BCUT2D eigenvalue weighted by atomic mass is 9.92. The summed E-state index contributed by atoms with van der Waals surface area (Å²) < 4.78 is 0.516. The number of carbonyl (C=O) groups excluding carboxylic acids is 1. The van der Waals surface area contributed by atoms with Crippen LogP contribution in [0.3, 0.4) is 0 Å². The molecular weight excluding hydrogens is 326 g/mol. The number of halogens is 1. The highest BCUT2D eigenvalue weighted by molar-refractivity contribution is 9.10. The van der Waals surface area contributed by atoms with Gasteiger partial charge in [-0.15, -0.1) is 0 Å². The van der Waals surface area contributed by atoms with Crippen molar-refractivity contribution in [1.29, 1.82) is 0 Å². The van der Waals surface area contributed by atoms with Crippen molar-refractivity contribution in [3.05, 3.63) is 32.8 Å². The van der Waals surface area contributed by atoms with Gasteiger partial charge in [-0.1, -0.05) is 0 Å². The number of hydrogen-bond acceptors (Lipinski definition) is 4. The number of nitro benzene ring substituents is 1. The van der Waals surface area contributed by atoms with E-state index >= 15 is 0 Å². The van der Waals surface area contributed by atoms with Gasteiger partial charge < -0.3 is 10.6 Å². The molecule has 0 saturated carbocycles. The van der Waals surface area contributed by atoms with Gasteiger partial charge in [-0.05, 0) is 48.3 Å². The Hall–Kier alpha value is -1.47. The van der Waals surface area contributed by atoms with Gasteiger partial charge in [0.15, 0.2) is 0 Å². The lowest BCUT2D eigenvalue weighted by Crippen LogP contribution is -2.40. The summed E-state index contributed by atoms with van der Waals surface area (Å²) in [6.45, 7) is 2.89. The molecule has 0 aromatic heterocycles. The number of piperidine rings is 1. The first-order chi connectivity index (χ1) is 9.47. The van der Waals surface area contributed by atoms with Crippen LogP contribution in [0.4, 0.5) is 11.4 Å². The van der Waals surface area contributed by atoms with Crippen molar-refractivity contribution in [3.63, 3.8) is 0 Å². The van der Waals surface area contributed by atoms with Crippen LogP contribution in [0, 0.1) is 16.0 Å². The fourth-order valence-electron chi connectivity index (χ4n) is 2.32. The Morgan fingerprint density at radius 3 is 2.90 bits per heavy atom. The van der Waals surface area contributed by atoms with E-state index in [1.807, 2.05) is 0 Å². The van der Waals surface area contributed by atoms with Crippen LogP contribution in [0.5, 0.6) is 0 Å². The second-order valence-electron chi connectivity index (χ2n) is 4.99. The maximum absolute atomic E-state index is 12.2. The quantitative estimate of drug-likeness (QED) is 0.653. The predicted octanol–water partition coefficient (Wildman–Crippen LogP) is 2.68. The first-order valence-corrected chi connectivity index (χ1v) is 7.25. The molecule has 0 aliphatic carbocycles. The van der Waals surface area contributed by atoms with Crippen LogP contribution in [-0.2, 0) is 4.79 Å². The van der Waals surface area contributed by atoms with E-state index in [1.165, 1.54) is 12.1 Å². The summed E-state index contributed by atoms with van der Waals surface area (Å²) in [5, 5.41) is 16.8. The molecule has 1 amide bonds. The molecule has 2 N–H and O–H groups in total. The third kappa shape index (κ3) is 3.55. The van der Waals surface area contributed by atoms with Gasteiger partial charge in [0.25, 0.3) is 5.69 Å². The molecular formula is C13H16BrN3O3. The average Bonchev–Trinajstić information content (AvgIpc) is 2.40. The SMILES string of the molecule is CC1CC(C(=O)Nc2ccc([N+](=O)[O-])cc2Br)CCN1. The largest absolute Gasteiger partial charge is 0.325 e. The zero-order valence-corrected chi connectivity index (χ0v) is 12.6. The van der Waals surface area contributed by atoms with Gasteiger partial charge in [0.05, 0.1) is 10.6 Å². The van der Waals surface area contributed by atoms with Crippen molar-refractivity contribution in [1.82, 2.24) is 5.32 Å². The Morgan fingerprint density at radius 1 is 1.55 bits per heavy atom. The van der Waals surface area contributed by atoms with Crippen LogP contribution in [0.1, 0.15) is 19.8 Å². The van der Waals surface area contributed by atoms with Gasteiger partial charge in [0.1, 0.15) is 0 Å². The average molecular weight is 342 g/mol. The lowest BCUT2D eigenvalue weighted by Gasteiger charge is -2.27. The molecule has 1 aromatic rings. The molecule has 1 fully saturated rings. The second kappa shape index (κ2) is 6.32. The maximum Gasteiger partial charge on any atom is 0.270 e. The first kappa shape index (κ1) is 14.9. The van der Waals surface area contributed by atoms with E-state index in [0.29, 0.717) is 16.2 Å². The van der Waals surface area contributed by atoms with E-state index in [4.69, 9.17) is 0 Å². The molecule has 2 rings (SSSR count). The van der Waals surface area contributed by atoms with Crippen LogP contribution < -0.4 is 10.6 Å². The predicted molar refractivity (Wildman–Crippen MR) is 79.6 cm³/mol. The van der Waals surface area contributed by atoms with Crippen molar-refractivity contribution >= 4 is 33.2 Å². The Balaban J connectivity index is 2.06. The summed E-state index contributed by atoms with van der Waals surface area (Å²) in [6, 6.07) is 4.65. The zero-order valence-electron chi connectivity index (χ0n) is 11.1. The Bertz CT molecular complexity index is 536. The summed E-state index contributed by atoms with van der Waals surface area (Å²) in [4.78, 5) is 22.4. The second-order valence-corrected chi connectivity index (χ2v) is 5.84. The Kier molecular flexibility index (Phi) is 4.72. The number of nitrogens with zero attached hydrogens (tertiary/aromatic N) is 1. The molecule has 2 atom stereocenters. The molecule has 2 unspecified atom stereocenters. The molecule has 1 heterocycles. The van der Waals surface area contributed by atoms with E-state index in [0.717, 1.165) is 19.4 Å². The summed E-state index contributed by atoms with van der Waals surface area (Å²) in [5.74, 6) is -0.0544. The van der Waals surface area contributed by atoms with Gasteiger partial charge in [-0.25, -0.2) is 0 Å². The fourth-order valence-corrected chi connectivity index (χ4v) is 2.79. The number of hydrogen-bond donors (Lipinski definition) is 2. The third-order valence-electron chi connectivity index (χ3n) is 3.42. The molecule has 1 aliphatic rings. The van der Waals surface area contributed by atoms with Gasteiger partial charge in [0, 0.05) is 28.6 Å². The highest BCUT2D eigenvalue weighted by Crippen LogP contribution is 2.28. The van der Waals surface area contributed by atoms with Gasteiger partial charge in [-0.2, -0.15) is 0 Å². The maximum atomic E-state index is 12.2. The molecule has 1 saturated heterocycles. The Labute approximate surface area is 125 Å². The fraction of sp³-hybridized carbons (Fsp3) is 0.462. The van der Waals surface area contributed by atoms with Crippen molar-refractivity contribution in [3.8, 4) is 0 Å². The zero-order chi connectivity index (χ0) is 14.7. The molecule has 1 aromatic carbocycles. The van der Waals surface area contributed by atoms with Crippen LogP contribution in [0.25, 0.3) is 0 Å². The molecule has 108 valence electrons. The number of benzene rings is 1. The molecule has 7 heteroatoms. The number of non-ortho nitro benzene ring substituents is 1. The van der Waals surface area contributed by atoms with Crippen molar-refractivity contribution in [2.24, 2.45) is 5.92 Å². The number of nitrogens with one attached hydrogen (secondary N) is 2. The molecule has 0 radical (unpaired) electrons. The highest BCUT2D eigenvalue weighted by Gasteiger charge is 2.25. The number of nitro groups is 1. The van der Waals surface area contributed by atoms with Crippen LogP contribution in [-0.4, -0.2) is 23.4 Å². The standard InChI is InChI=1S/C13H16BrN3O3/c1-8-6-9(4-5-15-8)13(18)16-12-3-2-10(17(19)20)7-11(12)14/h2-3,7-9,15H,4-6H2,1H3,(H,16,18). The molecule has 6 nitrogen and oxygen atoms in total. The van der Waals surface area contributed by atoms with Gasteiger partial charge in [0.2, 0.25) is 5.91 Å². The Morgan fingerprint density at radius 2 is 2.30 bits per heavy atom. The molecule has 20 heavy (non-hydrogen) atoms. The lowest BCUT2D eigenvalue weighted by molar-refractivity contribution is -0.384. The van der Waals surface area contributed by atoms with E-state index in [9.17, 15) is 14.9 Å². The van der Waals surface area contributed by atoms with E-state index in [2.05, 4.69) is 33.5 Å². The molecule has 0 bridgehead atoms. The summed E-state index contributed by atoms with van der Waals surface area (Å²) in [5.41, 5.74) is 0.553. The van der Waals surface area contributed by atoms with E-state index < -0.39 is 4.92 Å².